The molecule has 1 unspecified atom stereocenters. The summed E-state index contributed by atoms with van der Waals surface area (Å²) in [6.07, 6.45) is 2.40. The molecule has 21 heavy (non-hydrogen) atoms. The molecular weight excluding hydrogens is 264 g/mol. The molecule has 1 atom stereocenters. The van der Waals surface area contributed by atoms with Crippen LogP contribution in [0.5, 0.6) is 0 Å². The normalized spacial score (nSPS) is 28.0. The number of benzene rings is 1. The van der Waals surface area contributed by atoms with E-state index in [0.717, 1.165) is 17.6 Å². The number of nitrogens with zero attached hydrogens (tertiary/aromatic N) is 3. The number of nitrogens with one attached hydrogen (secondary N) is 1. The highest BCUT2D eigenvalue weighted by Crippen LogP contribution is 2.27. The minimum atomic E-state index is -0.0487. The zero-order chi connectivity index (χ0) is 14.4. The lowest BCUT2D eigenvalue weighted by atomic mass is 9.84. The molecule has 1 aromatic heterocycles. The second kappa shape index (κ2) is 4.84. The number of aryl methyl sites for hydroxylation is 1. The lowest BCUT2D eigenvalue weighted by Crippen LogP contribution is -2.57. The number of rotatable bonds is 2. The second-order valence-electron chi connectivity index (χ2n) is 6.20. The van der Waals surface area contributed by atoms with Gasteiger partial charge in [0.05, 0.1) is 11.0 Å². The first-order valence-corrected chi connectivity index (χ1v) is 7.67. The van der Waals surface area contributed by atoms with Gasteiger partial charge in [0.1, 0.15) is 0 Å². The first kappa shape index (κ1) is 12.8. The van der Waals surface area contributed by atoms with Gasteiger partial charge >= 0.3 is 0 Å². The van der Waals surface area contributed by atoms with Crippen LogP contribution in [0.2, 0.25) is 0 Å². The summed E-state index contributed by atoms with van der Waals surface area (Å²) in [5.41, 5.74) is 1.87. The molecule has 1 aromatic carbocycles. The Morgan fingerprint density at radius 1 is 1.29 bits per heavy atom. The Kier molecular flexibility index (Phi) is 2.96. The van der Waals surface area contributed by atoms with Crippen molar-refractivity contribution in [2.45, 2.75) is 18.9 Å². The molecule has 2 bridgehead atoms. The van der Waals surface area contributed by atoms with E-state index in [9.17, 15) is 4.79 Å². The summed E-state index contributed by atoms with van der Waals surface area (Å²) < 4.78 is 1.88. The number of imidazole rings is 1. The van der Waals surface area contributed by atoms with E-state index in [2.05, 4.69) is 15.2 Å². The number of carbonyl (C=O) groups excluding carboxylic acids is 1. The SMILES string of the molecule is Cn1c(C(=O)NC2CN3CCC2CC3)nc2ccccc21. The van der Waals surface area contributed by atoms with Crippen molar-refractivity contribution in [2.24, 2.45) is 13.0 Å². The molecule has 5 rings (SSSR count). The van der Waals surface area contributed by atoms with Gasteiger partial charge in [-0.1, -0.05) is 12.1 Å². The molecule has 3 aliphatic heterocycles. The molecule has 0 saturated carbocycles. The quantitative estimate of drug-likeness (QED) is 0.907. The van der Waals surface area contributed by atoms with Crippen LogP contribution in [0.3, 0.4) is 0 Å². The molecule has 3 saturated heterocycles. The Morgan fingerprint density at radius 3 is 2.71 bits per heavy atom. The van der Waals surface area contributed by atoms with Crippen LogP contribution in [0.1, 0.15) is 23.5 Å². The smallest absolute Gasteiger partial charge is 0.287 e. The van der Waals surface area contributed by atoms with Crippen LogP contribution in [0, 0.1) is 5.92 Å². The lowest BCUT2D eigenvalue weighted by molar-refractivity contribution is 0.0613. The summed E-state index contributed by atoms with van der Waals surface area (Å²) in [7, 11) is 1.90. The van der Waals surface area contributed by atoms with E-state index in [1.165, 1.54) is 25.9 Å². The van der Waals surface area contributed by atoms with Gasteiger partial charge in [-0.15, -0.1) is 0 Å². The molecule has 5 nitrogen and oxygen atoms in total. The number of aromatic nitrogens is 2. The summed E-state index contributed by atoms with van der Waals surface area (Å²) in [5, 5.41) is 3.20. The van der Waals surface area contributed by atoms with Crippen LogP contribution >= 0.6 is 0 Å². The van der Waals surface area contributed by atoms with Crippen LogP contribution in [0.4, 0.5) is 0 Å². The largest absolute Gasteiger partial charge is 0.345 e. The first-order valence-electron chi connectivity index (χ1n) is 7.67. The predicted molar refractivity (Wildman–Crippen MR) is 81.1 cm³/mol. The van der Waals surface area contributed by atoms with E-state index in [4.69, 9.17) is 0 Å². The summed E-state index contributed by atoms with van der Waals surface area (Å²) in [4.78, 5) is 19.5. The van der Waals surface area contributed by atoms with Crippen LogP contribution in [0.15, 0.2) is 24.3 Å². The average Bonchev–Trinajstić information content (AvgIpc) is 2.86. The third-order valence-electron chi connectivity index (χ3n) is 4.96. The minimum Gasteiger partial charge on any atom is -0.345 e. The Hall–Kier alpha value is -1.88. The number of amides is 1. The Morgan fingerprint density at radius 2 is 2.05 bits per heavy atom. The molecular formula is C16H20N4O. The van der Waals surface area contributed by atoms with Gasteiger partial charge < -0.3 is 14.8 Å². The number of piperidine rings is 3. The number of carbonyl (C=O) groups is 1. The van der Waals surface area contributed by atoms with Crippen molar-refractivity contribution < 1.29 is 4.79 Å². The molecule has 110 valence electrons. The van der Waals surface area contributed by atoms with E-state index in [1.54, 1.807) is 0 Å². The average molecular weight is 284 g/mol. The van der Waals surface area contributed by atoms with Crippen LogP contribution < -0.4 is 5.32 Å². The van der Waals surface area contributed by atoms with Gasteiger partial charge in [0.15, 0.2) is 5.82 Å². The molecule has 0 aliphatic carbocycles. The van der Waals surface area contributed by atoms with Crippen molar-refractivity contribution in [3.05, 3.63) is 30.1 Å². The maximum absolute atomic E-state index is 12.6. The van der Waals surface area contributed by atoms with E-state index >= 15 is 0 Å². The van der Waals surface area contributed by atoms with Gasteiger partial charge in [-0.3, -0.25) is 4.79 Å². The maximum Gasteiger partial charge on any atom is 0.287 e. The monoisotopic (exact) mass is 284 g/mol. The standard InChI is InChI=1S/C16H20N4O/c1-19-14-5-3-2-4-12(14)17-15(19)16(21)18-13-10-20-8-6-11(13)7-9-20/h2-5,11,13H,6-10H2,1H3,(H,18,21). The summed E-state index contributed by atoms with van der Waals surface area (Å²) in [5.74, 6) is 1.09. The topological polar surface area (TPSA) is 50.2 Å². The zero-order valence-corrected chi connectivity index (χ0v) is 12.2. The summed E-state index contributed by atoms with van der Waals surface area (Å²) in [6.45, 7) is 3.35. The van der Waals surface area contributed by atoms with E-state index in [0.29, 0.717) is 11.7 Å². The van der Waals surface area contributed by atoms with Crippen LogP contribution in [-0.2, 0) is 7.05 Å². The minimum absolute atomic E-state index is 0.0487. The molecule has 1 N–H and O–H groups in total. The molecule has 2 aromatic rings. The Bertz CT molecular complexity index is 685. The molecule has 5 heteroatoms. The highest BCUT2D eigenvalue weighted by molar-refractivity contribution is 5.95. The van der Waals surface area contributed by atoms with Crippen molar-refractivity contribution in [3.8, 4) is 0 Å². The fourth-order valence-electron chi connectivity index (χ4n) is 3.71. The highest BCUT2D eigenvalue weighted by Gasteiger charge is 2.35. The van der Waals surface area contributed by atoms with Gasteiger partial charge in [-0.05, 0) is 44.0 Å². The van der Waals surface area contributed by atoms with Gasteiger partial charge in [0.25, 0.3) is 5.91 Å². The van der Waals surface area contributed by atoms with Crippen molar-refractivity contribution in [3.63, 3.8) is 0 Å². The number of hydrogen-bond donors (Lipinski definition) is 1. The first-order chi connectivity index (χ1) is 10.2. The number of fused-ring (bicyclic) bond motifs is 4. The van der Waals surface area contributed by atoms with E-state index in [1.807, 2.05) is 35.9 Å². The molecule has 3 aliphatic rings. The van der Waals surface area contributed by atoms with Crippen LogP contribution in [-0.4, -0.2) is 46.0 Å². The highest BCUT2D eigenvalue weighted by atomic mass is 16.2. The molecule has 0 radical (unpaired) electrons. The second-order valence-corrected chi connectivity index (χ2v) is 6.20. The third kappa shape index (κ3) is 2.12. The molecule has 1 amide bonds. The van der Waals surface area contributed by atoms with Crippen molar-refractivity contribution in [2.75, 3.05) is 19.6 Å². The van der Waals surface area contributed by atoms with Gasteiger partial charge in [-0.25, -0.2) is 4.98 Å². The zero-order valence-electron chi connectivity index (χ0n) is 12.2. The summed E-state index contributed by atoms with van der Waals surface area (Å²) >= 11 is 0. The Balaban J connectivity index is 1.58. The molecule has 0 spiro atoms. The van der Waals surface area contributed by atoms with Crippen LogP contribution in [0.25, 0.3) is 11.0 Å². The predicted octanol–water partition coefficient (Wildman–Crippen LogP) is 1.40. The molecule has 3 fully saturated rings. The van der Waals surface area contributed by atoms with Crippen molar-refractivity contribution in [1.82, 2.24) is 19.8 Å². The van der Waals surface area contributed by atoms with Gasteiger partial charge in [0, 0.05) is 19.6 Å². The van der Waals surface area contributed by atoms with Crippen molar-refractivity contribution in [1.29, 1.82) is 0 Å². The fraction of sp³-hybridized carbons (Fsp3) is 0.500. The van der Waals surface area contributed by atoms with Crippen molar-refractivity contribution >= 4 is 16.9 Å². The molecule has 4 heterocycles. The number of para-hydroxylation sites is 2. The van der Waals surface area contributed by atoms with E-state index < -0.39 is 0 Å². The van der Waals surface area contributed by atoms with Gasteiger partial charge in [-0.2, -0.15) is 0 Å². The summed E-state index contributed by atoms with van der Waals surface area (Å²) in [6, 6.07) is 8.14. The lowest BCUT2D eigenvalue weighted by Gasteiger charge is -2.44. The number of hydrogen-bond acceptors (Lipinski definition) is 3. The maximum atomic E-state index is 12.6. The fourth-order valence-corrected chi connectivity index (χ4v) is 3.71. The van der Waals surface area contributed by atoms with E-state index in [-0.39, 0.29) is 11.9 Å². The van der Waals surface area contributed by atoms with Gasteiger partial charge in [0.2, 0.25) is 0 Å². The Labute approximate surface area is 123 Å². The third-order valence-corrected chi connectivity index (χ3v) is 4.96.